The van der Waals surface area contributed by atoms with Crippen molar-refractivity contribution in [2.75, 3.05) is 0 Å². The molecule has 4 nitrogen and oxygen atoms in total. The molecule has 2 rings (SSSR count). The van der Waals surface area contributed by atoms with Crippen LogP contribution in [0.3, 0.4) is 0 Å². The fraction of sp³-hybridized carbons (Fsp3) is 0.0833. The molecule has 0 saturated heterocycles. The van der Waals surface area contributed by atoms with Gasteiger partial charge in [0.05, 0.1) is 24.4 Å². The summed E-state index contributed by atoms with van der Waals surface area (Å²) in [5, 5.41) is 8.61. The number of benzene rings is 1. The molecule has 0 radical (unpaired) electrons. The van der Waals surface area contributed by atoms with Crippen LogP contribution in [0.1, 0.15) is 11.1 Å². The largest absolute Gasteiger partial charge is 0.308 e. The predicted molar refractivity (Wildman–Crippen MR) is 58.7 cm³/mol. The Balaban J connectivity index is 2.35. The highest BCUT2D eigenvalue weighted by molar-refractivity contribution is 5.32. The van der Waals surface area contributed by atoms with E-state index < -0.39 is 5.82 Å². The van der Waals surface area contributed by atoms with Gasteiger partial charge in [0.2, 0.25) is 0 Å². The molecule has 0 aliphatic rings. The second kappa shape index (κ2) is 4.58. The first-order valence-electron chi connectivity index (χ1n) is 4.89. The lowest BCUT2D eigenvalue weighted by atomic mass is 10.1. The molecule has 0 bridgehead atoms. The third-order valence-corrected chi connectivity index (χ3v) is 2.32. The average Bonchev–Trinajstić information content (AvgIpc) is 2.34. The molecule has 2 aromatic rings. The summed E-state index contributed by atoms with van der Waals surface area (Å²) >= 11 is 0. The van der Waals surface area contributed by atoms with E-state index in [0.717, 1.165) is 6.07 Å². The van der Waals surface area contributed by atoms with Gasteiger partial charge in [0.15, 0.2) is 0 Å². The maximum atomic E-state index is 13.6. The number of hydrogen-bond acceptors (Lipinski definition) is 3. The van der Waals surface area contributed by atoms with Crippen LogP contribution in [0.2, 0.25) is 0 Å². The molecule has 17 heavy (non-hydrogen) atoms. The van der Waals surface area contributed by atoms with E-state index in [0.29, 0.717) is 5.56 Å². The van der Waals surface area contributed by atoms with Gasteiger partial charge >= 0.3 is 0 Å². The summed E-state index contributed by atoms with van der Waals surface area (Å²) in [4.78, 5) is 15.0. The van der Waals surface area contributed by atoms with Crippen molar-refractivity contribution in [1.82, 2.24) is 9.55 Å². The molecular weight excluding hydrogens is 221 g/mol. The Labute approximate surface area is 96.6 Å². The maximum Gasteiger partial charge on any atom is 0.269 e. The lowest BCUT2D eigenvalue weighted by Crippen LogP contribution is -2.19. The lowest BCUT2D eigenvalue weighted by Gasteiger charge is -2.05. The van der Waals surface area contributed by atoms with Crippen molar-refractivity contribution in [3.05, 3.63) is 64.1 Å². The van der Waals surface area contributed by atoms with E-state index in [2.05, 4.69) is 4.98 Å². The van der Waals surface area contributed by atoms with Crippen molar-refractivity contribution in [1.29, 1.82) is 5.26 Å². The second-order valence-electron chi connectivity index (χ2n) is 3.46. The zero-order valence-corrected chi connectivity index (χ0v) is 8.80. The molecule has 0 spiro atoms. The molecule has 0 unspecified atom stereocenters. The van der Waals surface area contributed by atoms with E-state index in [9.17, 15) is 9.18 Å². The minimum atomic E-state index is -0.493. The summed E-state index contributed by atoms with van der Waals surface area (Å²) in [5.74, 6) is -0.493. The Kier molecular flexibility index (Phi) is 2.97. The van der Waals surface area contributed by atoms with Crippen molar-refractivity contribution in [3.8, 4) is 6.07 Å². The van der Waals surface area contributed by atoms with Gasteiger partial charge in [-0.25, -0.2) is 4.39 Å². The Morgan fingerprint density at radius 3 is 2.94 bits per heavy atom. The Hall–Kier alpha value is -2.48. The van der Waals surface area contributed by atoms with Gasteiger partial charge in [-0.2, -0.15) is 5.26 Å². The zero-order chi connectivity index (χ0) is 12.3. The van der Waals surface area contributed by atoms with Crippen LogP contribution in [-0.2, 0) is 6.54 Å². The van der Waals surface area contributed by atoms with Crippen molar-refractivity contribution >= 4 is 0 Å². The number of aromatic nitrogens is 2. The van der Waals surface area contributed by atoms with E-state index in [4.69, 9.17) is 5.26 Å². The first-order chi connectivity index (χ1) is 8.20. The summed E-state index contributed by atoms with van der Waals surface area (Å²) in [7, 11) is 0. The fourth-order valence-corrected chi connectivity index (χ4v) is 1.43. The van der Waals surface area contributed by atoms with Gasteiger partial charge < -0.3 is 4.57 Å². The molecule has 0 aliphatic carbocycles. The summed E-state index contributed by atoms with van der Waals surface area (Å²) in [6, 6.07) is 6.03. The Morgan fingerprint density at radius 1 is 1.47 bits per heavy atom. The van der Waals surface area contributed by atoms with E-state index in [1.54, 1.807) is 0 Å². The summed E-state index contributed by atoms with van der Waals surface area (Å²) in [6.07, 6.45) is 4.12. The molecule has 0 fully saturated rings. The van der Waals surface area contributed by atoms with E-state index in [1.807, 2.05) is 6.07 Å². The molecule has 0 atom stereocenters. The van der Waals surface area contributed by atoms with Crippen LogP contribution in [-0.4, -0.2) is 9.55 Å². The van der Waals surface area contributed by atoms with Gasteiger partial charge in [0, 0.05) is 18.0 Å². The maximum absolute atomic E-state index is 13.6. The van der Waals surface area contributed by atoms with Crippen LogP contribution in [0.15, 0.2) is 41.6 Å². The highest BCUT2D eigenvalue weighted by Gasteiger charge is 2.05. The smallest absolute Gasteiger partial charge is 0.269 e. The summed E-state index contributed by atoms with van der Waals surface area (Å²) in [5.41, 5.74) is 0.321. The van der Waals surface area contributed by atoms with Gasteiger partial charge in [0.1, 0.15) is 5.82 Å². The standard InChI is InChI=1S/C12H8FN3O/c13-11-5-9(6-14)1-2-10(11)8-16-4-3-15-7-12(16)17/h1-5,7H,8H2. The number of nitriles is 1. The quantitative estimate of drug-likeness (QED) is 0.779. The molecule has 5 heteroatoms. The van der Waals surface area contributed by atoms with Crippen LogP contribution in [0.4, 0.5) is 4.39 Å². The van der Waals surface area contributed by atoms with Crippen LogP contribution in [0.5, 0.6) is 0 Å². The van der Waals surface area contributed by atoms with Crippen LogP contribution >= 0.6 is 0 Å². The molecule has 0 aliphatic heterocycles. The minimum Gasteiger partial charge on any atom is -0.308 e. The third kappa shape index (κ3) is 2.37. The normalized spacial score (nSPS) is 9.88. The monoisotopic (exact) mass is 229 g/mol. The van der Waals surface area contributed by atoms with E-state index in [-0.39, 0.29) is 17.7 Å². The topological polar surface area (TPSA) is 58.7 Å². The van der Waals surface area contributed by atoms with Gasteiger partial charge in [-0.05, 0) is 12.1 Å². The van der Waals surface area contributed by atoms with Crippen molar-refractivity contribution in [2.24, 2.45) is 0 Å². The van der Waals surface area contributed by atoms with Crippen molar-refractivity contribution in [2.45, 2.75) is 6.54 Å². The first kappa shape index (κ1) is 11.0. The number of halogens is 1. The highest BCUT2D eigenvalue weighted by atomic mass is 19.1. The second-order valence-corrected chi connectivity index (χ2v) is 3.46. The number of rotatable bonds is 2. The molecule has 0 amide bonds. The minimum absolute atomic E-state index is 0.124. The number of nitrogens with zero attached hydrogens (tertiary/aromatic N) is 3. The molecular formula is C12H8FN3O. The third-order valence-electron chi connectivity index (χ3n) is 2.32. The van der Waals surface area contributed by atoms with Gasteiger partial charge in [-0.3, -0.25) is 9.78 Å². The fourth-order valence-electron chi connectivity index (χ4n) is 1.43. The first-order valence-corrected chi connectivity index (χ1v) is 4.89. The van der Waals surface area contributed by atoms with Gasteiger partial charge in [-0.1, -0.05) is 6.07 Å². The van der Waals surface area contributed by atoms with Gasteiger partial charge in [0.25, 0.3) is 5.56 Å². The van der Waals surface area contributed by atoms with Crippen molar-refractivity contribution < 1.29 is 4.39 Å². The summed E-state index contributed by atoms with van der Waals surface area (Å²) < 4.78 is 14.9. The van der Waals surface area contributed by atoms with Crippen molar-refractivity contribution in [3.63, 3.8) is 0 Å². The van der Waals surface area contributed by atoms with Crippen LogP contribution in [0.25, 0.3) is 0 Å². The summed E-state index contributed by atoms with van der Waals surface area (Å²) in [6.45, 7) is 0.124. The Morgan fingerprint density at radius 2 is 2.29 bits per heavy atom. The van der Waals surface area contributed by atoms with Crippen LogP contribution in [0, 0.1) is 17.1 Å². The SMILES string of the molecule is N#Cc1ccc(Cn2ccncc2=O)c(F)c1. The highest BCUT2D eigenvalue weighted by Crippen LogP contribution is 2.10. The van der Waals surface area contributed by atoms with E-state index >= 15 is 0 Å². The van der Waals surface area contributed by atoms with Crippen LogP contribution < -0.4 is 5.56 Å². The molecule has 0 saturated carbocycles. The number of hydrogen-bond donors (Lipinski definition) is 0. The molecule has 1 heterocycles. The van der Waals surface area contributed by atoms with Gasteiger partial charge in [-0.15, -0.1) is 0 Å². The lowest BCUT2D eigenvalue weighted by molar-refractivity contribution is 0.595. The molecule has 1 aromatic heterocycles. The average molecular weight is 229 g/mol. The molecule has 0 N–H and O–H groups in total. The Bertz CT molecular complexity index is 643. The van der Waals surface area contributed by atoms with E-state index in [1.165, 1.54) is 35.3 Å². The zero-order valence-electron chi connectivity index (χ0n) is 8.80. The predicted octanol–water partition coefficient (Wildman–Crippen LogP) is 1.30. The molecule has 1 aromatic carbocycles. The molecule has 84 valence electrons.